The van der Waals surface area contributed by atoms with E-state index >= 15 is 0 Å². The molecule has 0 atom stereocenters. The predicted molar refractivity (Wildman–Crippen MR) is 126 cm³/mol. The molecule has 0 radical (unpaired) electrons. The van der Waals surface area contributed by atoms with Crippen LogP contribution in [0.2, 0.25) is 5.15 Å². The van der Waals surface area contributed by atoms with Crippen LogP contribution in [0.1, 0.15) is 66.5 Å². The van der Waals surface area contributed by atoms with E-state index in [0.717, 1.165) is 29.5 Å². The molecule has 32 heavy (non-hydrogen) atoms. The summed E-state index contributed by atoms with van der Waals surface area (Å²) < 4.78 is 10.9. The highest BCUT2D eigenvalue weighted by atomic mass is 35.5. The molecule has 174 valence electrons. The average molecular weight is 462 g/mol. The van der Waals surface area contributed by atoms with Gasteiger partial charge in [-0.25, -0.2) is 14.6 Å². The maximum Gasteiger partial charge on any atom is 0.427 e. The molecule has 0 saturated heterocycles. The molecule has 7 nitrogen and oxygen atoms in total. The van der Waals surface area contributed by atoms with Gasteiger partial charge in [0.25, 0.3) is 0 Å². The third kappa shape index (κ3) is 6.66. The molecular weight excluding hydrogens is 430 g/mol. The fraction of sp³-hybridized carbons (Fsp3) is 0.500. The van der Waals surface area contributed by atoms with Gasteiger partial charge in [-0.2, -0.15) is 4.98 Å². The van der Waals surface area contributed by atoms with E-state index in [4.69, 9.17) is 21.1 Å². The normalized spacial score (nSPS) is 11.8. The molecule has 1 aromatic heterocycles. The SMILES string of the molecule is CCc1cccc(CC)c1-c1cc(Cl)nc(N(C(=O)OC(C)(C)C)C(=O)OC(C)(C)C)n1. The van der Waals surface area contributed by atoms with Gasteiger partial charge in [-0.15, -0.1) is 4.90 Å². The molecule has 2 rings (SSSR count). The van der Waals surface area contributed by atoms with Crippen molar-refractivity contribution in [1.82, 2.24) is 9.97 Å². The van der Waals surface area contributed by atoms with Gasteiger partial charge >= 0.3 is 12.2 Å². The number of amides is 2. The van der Waals surface area contributed by atoms with E-state index in [0.29, 0.717) is 10.6 Å². The van der Waals surface area contributed by atoms with Gasteiger partial charge in [-0.3, -0.25) is 0 Å². The second-order valence-electron chi connectivity index (χ2n) is 9.33. The number of aryl methyl sites for hydroxylation is 2. The Balaban J connectivity index is 2.67. The lowest BCUT2D eigenvalue weighted by Crippen LogP contribution is -2.44. The first-order chi connectivity index (χ1) is 14.8. The van der Waals surface area contributed by atoms with Crippen LogP contribution in [0.15, 0.2) is 24.3 Å². The Bertz CT molecular complexity index is 943. The zero-order valence-electron chi connectivity index (χ0n) is 20.1. The average Bonchev–Trinajstić information content (AvgIpc) is 2.63. The molecule has 0 saturated carbocycles. The van der Waals surface area contributed by atoms with Crippen LogP contribution in [-0.2, 0) is 22.3 Å². The zero-order valence-corrected chi connectivity index (χ0v) is 20.8. The number of halogens is 1. The Hall–Kier alpha value is -2.67. The summed E-state index contributed by atoms with van der Waals surface area (Å²) in [5.41, 5.74) is 1.89. The molecular formula is C24H32ClN3O4. The van der Waals surface area contributed by atoms with Crippen LogP contribution in [-0.4, -0.2) is 33.4 Å². The fourth-order valence-electron chi connectivity index (χ4n) is 3.06. The van der Waals surface area contributed by atoms with Crippen LogP contribution in [0.5, 0.6) is 0 Å². The molecule has 0 aliphatic rings. The lowest BCUT2D eigenvalue weighted by atomic mass is 9.95. The van der Waals surface area contributed by atoms with E-state index < -0.39 is 23.4 Å². The van der Waals surface area contributed by atoms with Gasteiger partial charge < -0.3 is 9.47 Å². The number of aromatic nitrogens is 2. The predicted octanol–water partition coefficient (Wildman–Crippen LogP) is 6.60. The molecule has 1 heterocycles. The molecule has 0 spiro atoms. The molecule has 0 aliphatic heterocycles. The summed E-state index contributed by atoms with van der Waals surface area (Å²) >= 11 is 6.33. The summed E-state index contributed by atoms with van der Waals surface area (Å²) in [5.74, 6) is -0.205. The minimum Gasteiger partial charge on any atom is -0.443 e. The molecule has 2 amide bonds. The van der Waals surface area contributed by atoms with E-state index in [1.807, 2.05) is 18.2 Å². The smallest absolute Gasteiger partial charge is 0.427 e. The second kappa shape index (κ2) is 9.86. The summed E-state index contributed by atoms with van der Waals surface area (Å²) in [7, 11) is 0. The van der Waals surface area contributed by atoms with E-state index in [9.17, 15) is 9.59 Å². The molecule has 2 aromatic rings. The van der Waals surface area contributed by atoms with Crippen molar-refractivity contribution in [3.8, 4) is 11.3 Å². The van der Waals surface area contributed by atoms with Crippen LogP contribution in [0.3, 0.4) is 0 Å². The quantitative estimate of drug-likeness (QED) is 0.477. The summed E-state index contributed by atoms with van der Waals surface area (Å²) in [6.45, 7) is 14.3. The Morgan fingerprint density at radius 1 is 0.906 bits per heavy atom. The topological polar surface area (TPSA) is 81.6 Å². The van der Waals surface area contributed by atoms with E-state index in [1.54, 1.807) is 47.6 Å². The second-order valence-corrected chi connectivity index (χ2v) is 9.72. The summed E-state index contributed by atoms with van der Waals surface area (Å²) in [6.07, 6.45) is -0.330. The van der Waals surface area contributed by atoms with Crippen molar-refractivity contribution in [1.29, 1.82) is 0 Å². The minimum atomic E-state index is -0.945. The highest BCUT2D eigenvalue weighted by Crippen LogP contribution is 2.31. The number of nitrogens with zero attached hydrogens (tertiary/aromatic N) is 3. The first-order valence-corrected chi connectivity index (χ1v) is 11.0. The van der Waals surface area contributed by atoms with Crippen molar-refractivity contribution in [3.05, 3.63) is 40.5 Å². The Morgan fingerprint density at radius 3 is 1.78 bits per heavy atom. The number of carbonyl (C=O) groups is 2. The fourth-order valence-corrected chi connectivity index (χ4v) is 3.24. The van der Waals surface area contributed by atoms with Gasteiger partial charge in [0.05, 0.1) is 5.69 Å². The molecule has 0 N–H and O–H groups in total. The summed E-state index contributed by atoms with van der Waals surface area (Å²) in [6, 6.07) is 7.66. The van der Waals surface area contributed by atoms with Gasteiger partial charge in [-0.05, 0) is 65.5 Å². The van der Waals surface area contributed by atoms with Gasteiger partial charge in [-0.1, -0.05) is 43.6 Å². The van der Waals surface area contributed by atoms with Crippen molar-refractivity contribution < 1.29 is 19.1 Å². The van der Waals surface area contributed by atoms with Crippen LogP contribution in [0.25, 0.3) is 11.3 Å². The number of carbonyl (C=O) groups excluding carboxylic acids is 2. The highest BCUT2D eigenvalue weighted by molar-refractivity contribution is 6.29. The van der Waals surface area contributed by atoms with Crippen LogP contribution < -0.4 is 4.90 Å². The van der Waals surface area contributed by atoms with Crippen molar-refractivity contribution in [2.45, 2.75) is 79.4 Å². The van der Waals surface area contributed by atoms with E-state index in [1.165, 1.54) is 0 Å². The van der Waals surface area contributed by atoms with Gasteiger partial charge in [0.1, 0.15) is 16.4 Å². The summed E-state index contributed by atoms with van der Waals surface area (Å²) in [5, 5.41) is 0.0927. The standard InChI is InChI=1S/C24H32ClN3O4/c1-9-15-12-11-13-16(10-2)19(15)17-14-18(25)27-20(26-17)28(21(29)31-23(3,4)5)22(30)32-24(6,7)8/h11-14H,9-10H2,1-8H3. The van der Waals surface area contributed by atoms with E-state index in [2.05, 4.69) is 23.8 Å². The van der Waals surface area contributed by atoms with Crippen molar-refractivity contribution in [2.24, 2.45) is 0 Å². The van der Waals surface area contributed by atoms with Crippen LogP contribution in [0, 0.1) is 0 Å². The van der Waals surface area contributed by atoms with Gasteiger partial charge in [0.2, 0.25) is 5.95 Å². The maximum absolute atomic E-state index is 13.0. The Morgan fingerprint density at radius 2 is 1.38 bits per heavy atom. The number of hydrogen-bond donors (Lipinski definition) is 0. The maximum atomic E-state index is 13.0. The van der Waals surface area contributed by atoms with Crippen LogP contribution >= 0.6 is 11.6 Å². The minimum absolute atomic E-state index is 0.0927. The third-order valence-electron chi connectivity index (χ3n) is 4.29. The molecule has 1 aromatic carbocycles. The third-order valence-corrected chi connectivity index (χ3v) is 4.48. The Kier molecular flexibility index (Phi) is 7.88. The number of anilines is 1. The van der Waals surface area contributed by atoms with Gasteiger partial charge in [0, 0.05) is 11.6 Å². The number of hydrogen-bond acceptors (Lipinski definition) is 6. The first-order valence-electron chi connectivity index (χ1n) is 10.7. The number of imide groups is 1. The first kappa shape index (κ1) is 25.6. The van der Waals surface area contributed by atoms with Crippen molar-refractivity contribution in [3.63, 3.8) is 0 Å². The van der Waals surface area contributed by atoms with Crippen LogP contribution in [0.4, 0.5) is 15.5 Å². The number of rotatable bonds is 4. The van der Waals surface area contributed by atoms with Crippen molar-refractivity contribution in [2.75, 3.05) is 4.90 Å². The van der Waals surface area contributed by atoms with E-state index in [-0.39, 0.29) is 11.1 Å². The lowest BCUT2D eigenvalue weighted by molar-refractivity contribution is 0.0427. The number of benzene rings is 1. The Labute approximate surface area is 195 Å². The van der Waals surface area contributed by atoms with Crippen molar-refractivity contribution >= 4 is 29.7 Å². The molecule has 8 heteroatoms. The monoisotopic (exact) mass is 461 g/mol. The molecule has 0 unspecified atom stereocenters. The largest absolute Gasteiger partial charge is 0.443 e. The molecule has 0 aliphatic carbocycles. The highest BCUT2D eigenvalue weighted by Gasteiger charge is 2.35. The lowest BCUT2D eigenvalue weighted by Gasteiger charge is -2.27. The molecule has 0 fully saturated rings. The summed E-state index contributed by atoms with van der Waals surface area (Å²) in [4.78, 5) is 35.3. The molecule has 0 bridgehead atoms. The zero-order chi connectivity index (χ0) is 24.3. The van der Waals surface area contributed by atoms with Gasteiger partial charge in [0.15, 0.2) is 0 Å². The number of ether oxygens (including phenoxy) is 2.